The number of nitrogens with zero attached hydrogens (tertiary/aromatic N) is 1. The summed E-state index contributed by atoms with van der Waals surface area (Å²) < 4.78 is 5.15. The quantitative estimate of drug-likeness (QED) is 0.778. The first-order chi connectivity index (χ1) is 10.3. The number of carbonyl (C=O) groups excluding carboxylic acids is 1. The highest BCUT2D eigenvalue weighted by Gasteiger charge is 2.09. The molecule has 0 saturated carbocycles. The molecule has 0 atom stereocenters. The number of para-hydroxylation sites is 1. The monoisotopic (exact) mass is 296 g/mol. The molecule has 0 fully saturated rings. The van der Waals surface area contributed by atoms with Crippen LogP contribution in [-0.2, 0) is 0 Å². The normalized spacial score (nSPS) is 10.1. The molecule has 1 amide bonds. The number of hydrogen-bond donors (Lipinski definition) is 1. The van der Waals surface area contributed by atoms with E-state index in [4.69, 9.17) is 4.74 Å². The maximum atomic E-state index is 11.8. The van der Waals surface area contributed by atoms with Gasteiger partial charge in [-0.1, -0.05) is 59.9 Å². The van der Waals surface area contributed by atoms with Crippen LogP contribution >= 0.6 is 11.3 Å². The van der Waals surface area contributed by atoms with Crippen molar-refractivity contribution < 1.29 is 9.53 Å². The zero-order valence-corrected chi connectivity index (χ0v) is 11.8. The maximum Gasteiger partial charge on any atom is 0.418 e. The predicted octanol–water partition coefficient (Wildman–Crippen LogP) is 4.42. The van der Waals surface area contributed by atoms with Crippen molar-refractivity contribution >= 4 is 22.6 Å². The number of benzene rings is 2. The molecule has 1 heterocycles. The molecule has 3 rings (SSSR count). The summed E-state index contributed by atoms with van der Waals surface area (Å²) in [5, 5.41) is 3.14. The number of aromatic nitrogens is 1. The second-order valence-electron chi connectivity index (χ2n) is 4.22. The van der Waals surface area contributed by atoms with Crippen molar-refractivity contribution in [2.24, 2.45) is 0 Å². The number of hydrogen-bond acceptors (Lipinski definition) is 4. The first kappa shape index (κ1) is 13.3. The van der Waals surface area contributed by atoms with E-state index in [9.17, 15) is 4.79 Å². The standard InChI is InChI=1S/C16H12N2O2S/c19-16(20-13-9-5-2-6-10-13)18-15-17-11-14(21-15)12-7-3-1-4-8-12/h1-11H,(H,17,18,19). The third-order valence-corrected chi connectivity index (χ3v) is 3.69. The summed E-state index contributed by atoms with van der Waals surface area (Å²) in [6.07, 6.45) is 1.19. The van der Waals surface area contributed by atoms with E-state index in [0.717, 1.165) is 10.4 Å². The number of amides is 1. The van der Waals surface area contributed by atoms with Gasteiger partial charge in [0.15, 0.2) is 5.13 Å². The summed E-state index contributed by atoms with van der Waals surface area (Å²) in [6, 6.07) is 18.8. The number of ether oxygens (including phenoxy) is 1. The van der Waals surface area contributed by atoms with Crippen LogP contribution in [0.4, 0.5) is 9.93 Å². The maximum absolute atomic E-state index is 11.8. The van der Waals surface area contributed by atoms with Crippen LogP contribution in [0, 0.1) is 0 Å². The lowest BCUT2D eigenvalue weighted by Crippen LogP contribution is -2.16. The Morgan fingerprint density at radius 2 is 1.67 bits per heavy atom. The topological polar surface area (TPSA) is 51.2 Å². The van der Waals surface area contributed by atoms with Crippen LogP contribution < -0.4 is 10.1 Å². The summed E-state index contributed by atoms with van der Waals surface area (Å²) in [4.78, 5) is 16.9. The van der Waals surface area contributed by atoms with Crippen LogP contribution in [0.5, 0.6) is 5.75 Å². The van der Waals surface area contributed by atoms with Gasteiger partial charge >= 0.3 is 6.09 Å². The van der Waals surface area contributed by atoms with Gasteiger partial charge in [-0.25, -0.2) is 9.78 Å². The van der Waals surface area contributed by atoms with Crippen LogP contribution in [0.1, 0.15) is 0 Å². The largest absolute Gasteiger partial charge is 0.418 e. The third kappa shape index (κ3) is 3.46. The molecule has 104 valence electrons. The molecule has 0 spiro atoms. The van der Waals surface area contributed by atoms with E-state index < -0.39 is 6.09 Å². The van der Waals surface area contributed by atoms with E-state index in [1.54, 1.807) is 30.5 Å². The number of carbonyl (C=O) groups is 1. The van der Waals surface area contributed by atoms with Crippen LogP contribution in [0.2, 0.25) is 0 Å². The molecule has 0 aliphatic carbocycles. The van der Waals surface area contributed by atoms with Gasteiger partial charge < -0.3 is 4.74 Å². The second kappa shape index (κ2) is 6.19. The first-order valence-electron chi connectivity index (χ1n) is 6.36. The molecule has 2 aromatic carbocycles. The molecule has 0 aliphatic heterocycles. The molecule has 0 aliphatic rings. The average molecular weight is 296 g/mol. The van der Waals surface area contributed by atoms with Gasteiger partial charge in [0.05, 0.1) is 4.88 Å². The first-order valence-corrected chi connectivity index (χ1v) is 7.18. The van der Waals surface area contributed by atoms with Gasteiger partial charge in [0.1, 0.15) is 5.75 Å². The van der Waals surface area contributed by atoms with Gasteiger partial charge in [0.2, 0.25) is 0 Å². The van der Waals surface area contributed by atoms with Crippen molar-refractivity contribution in [3.63, 3.8) is 0 Å². The summed E-state index contributed by atoms with van der Waals surface area (Å²) in [5.41, 5.74) is 1.07. The fraction of sp³-hybridized carbons (Fsp3) is 0. The van der Waals surface area contributed by atoms with Crippen molar-refractivity contribution in [1.29, 1.82) is 0 Å². The Morgan fingerprint density at radius 1 is 1.00 bits per heavy atom. The Bertz CT molecular complexity index is 726. The minimum atomic E-state index is -0.546. The van der Waals surface area contributed by atoms with Gasteiger partial charge in [-0.15, -0.1) is 0 Å². The minimum absolute atomic E-state index is 0.495. The molecule has 0 saturated heterocycles. The molecule has 21 heavy (non-hydrogen) atoms. The van der Waals surface area contributed by atoms with Crippen molar-refractivity contribution in [3.05, 3.63) is 66.9 Å². The van der Waals surface area contributed by atoms with Gasteiger partial charge in [-0.3, -0.25) is 5.32 Å². The van der Waals surface area contributed by atoms with Crippen LogP contribution in [-0.4, -0.2) is 11.1 Å². The van der Waals surface area contributed by atoms with E-state index in [-0.39, 0.29) is 0 Å². The van der Waals surface area contributed by atoms with Gasteiger partial charge in [-0.2, -0.15) is 0 Å². The number of nitrogens with one attached hydrogen (secondary N) is 1. The van der Waals surface area contributed by atoms with Crippen LogP contribution in [0.25, 0.3) is 10.4 Å². The van der Waals surface area contributed by atoms with Crippen molar-refractivity contribution in [2.45, 2.75) is 0 Å². The lowest BCUT2D eigenvalue weighted by molar-refractivity contribution is 0.215. The molecule has 3 aromatic rings. The van der Waals surface area contributed by atoms with Gasteiger partial charge in [0.25, 0.3) is 0 Å². The number of thiazole rings is 1. The van der Waals surface area contributed by atoms with Crippen molar-refractivity contribution in [2.75, 3.05) is 5.32 Å². The van der Waals surface area contributed by atoms with Crippen LogP contribution in [0.3, 0.4) is 0 Å². The molecule has 1 aromatic heterocycles. The Kier molecular flexibility index (Phi) is 3.93. The van der Waals surface area contributed by atoms with Crippen LogP contribution in [0.15, 0.2) is 66.9 Å². The smallest absolute Gasteiger partial charge is 0.410 e. The molecule has 1 N–H and O–H groups in total. The Hall–Kier alpha value is -2.66. The fourth-order valence-electron chi connectivity index (χ4n) is 1.78. The summed E-state index contributed by atoms with van der Waals surface area (Å²) in [5.74, 6) is 0.495. The molecule has 4 nitrogen and oxygen atoms in total. The van der Waals surface area contributed by atoms with E-state index in [2.05, 4.69) is 10.3 Å². The van der Waals surface area contributed by atoms with Crippen molar-refractivity contribution in [3.8, 4) is 16.2 Å². The molecule has 0 bridgehead atoms. The summed E-state index contributed by atoms with van der Waals surface area (Å²) in [7, 11) is 0. The minimum Gasteiger partial charge on any atom is -0.410 e. The SMILES string of the molecule is O=C(Nc1ncc(-c2ccccc2)s1)Oc1ccccc1. The van der Waals surface area contributed by atoms with E-state index in [0.29, 0.717) is 10.9 Å². The highest BCUT2D eigenvalue weighted by molar-refractivity contribution is 7.19. The fourth-order valence-corrected chi connectivity index (χ4v) is 2.58. The van der Waals surface area contributed by atoms with E-state index in [1.165, 1.54) is 11.3 Å². The molecule has 0 unspecified atom stereocenters. The predicted molar refractivity (Wildman–Crippen MR) is 83.6 cm³/mol. The average Bonchev–Trinajstić information content (AvgIpc) is 2.97. The summed E-state index contributed by atoms with van der Waals surface area (Å²) in [6.45, 7) is 0. The Labute approximate surface area is 126 Å². The molecule has 0 radical (unpaired) electrons. The van der Waals surface area contributed by atoms with Gasteiger partial charge in [0, 0.05) is 6.20 Å². The molecular formula is C16H12N2O2S. The zero-order valence-electron chi connectivity index (χ0n) is 11.0. The second-order valence-corrected chi connectivity index (χ2v) is 5.25. The lowest BCUT2D eigenvalue weighted by atomic mass is 10.2. The lowest BCUT2D eigenvalue weighted by Gasteiger charge is -2.03. The van der Waals surface area contributed by atoms with Gasteiger partial charge in [-0.05, 0) is 17.7 Å². The third-order valence-electron chi connectivity index (χ3n) is 2.73. The Morgan fingerprint density at radius 3 is 2.38 bits per heavy atom. The van der Waals surface area contributed by atoms with Crippen molar-refractivity contribution in [1.82, 2.24) is 4.98 Å². The number of rotatable bonds is 3. The summed E-state index contributed by atoms with van der Waals surface area (Å²) >= 11 is 1.40. The van der Waals surface area contributed by atoms with E-state index in [1.807, 2.05) is 36.4 Å². The Balaban J connectivity index is 1.66. The molecule has 5 heteroatoms. The zero-order chi connectivity index (χ0) is 14.5. The van der Waals surface area contributed by atoms with E-state index >= 15 is 0 Å². The highest BCUT2D eigenvalue weighted by atomic mass is 32.1. The molecular weight excluding hydrogens is 284 g/mol. The number of anilines is 1. The highest BCUT2D eigenvalue weighted by Crippen LogP contribution is 2.28.